The number of halogens is 2. The van der Waals surface area contributed by atoms with Crippen LogP contribution < -0.4 is 4.74 Å². The van der Waals surface area contributed by atoms with Crippen molar-refractivity contribution < 1.29 is 4.74 Å². The lowest BCUT2D eigenvalue weighted by molar-refractivity contribution is 0.309. The van der Waals surface area contributed by atoms with E-state index in [1.165, 1.54) is 11.1 Å². The minimum atomic E-state index is 0.524. The Balaban J connectivity index is 1.49. The van der Waals surface area contributed by atoms with E-state index >= 15 is 0 Å². The third kappa shape index (κ3) is 5.41. The van der Waals surface area contributed by atoms with Crippen LogP contribution in [0.2, 0.25) is 10.0 Å². The SMILES string of the molecule is Cc1ccccc1CSc1nnc(CCCOc2ccc(Cl)cc2Cl)n1C. The summed E-state index contributed by atoms with van der Waals surface area (Å²) in [5, 5.41) is 10.7. The molecule has 0 atom stereocenters. The summed E-state index contributed by atoms with van der Waals surface area (Å²) in [4.78, 5) is 0. The Kier molecular flexibility index (Phi) is 7.05. The van der Waals surface area contributed by atoms with Crippen LogP contribution in [0.1, 0.15) is 23.4 Å². The Morgan fingerprint density at radius 1 is 1.11 bits per heavy atom. The number of benzene rings is 2. The maximum atomic E-state index is 6.11. The standard InChI is InChI=1S/C20H21Cl2N3OS/c1-14-6-3-4-7-15(14)13-27-20-24-23-19(25(20)2)8-5-11-26-18-10-9-16(21)12-17(18)22/h3-4,6-7,9-10,12H,5,8,11,13H2,1-2H3. The Hall–Kier alpha value is -1.69. The maximum absolute atomic E-state index is 6.11. The van der Waals surface area contributed by atoms with E-state index in [-0.39, 0.29) is 0 Å². The molecule has 0 bridgehead atoms. The molecule has 0 spiro atoms. The summed E-state index contributed by atoms with van der Waals surface area (Å²) in [7, 11) is 2.01. The third-order valence-corrected chi connectivity index (χ3v) is 5.84. The van der Waals surface area contributed by atoms with Crippen molar-refractivity contribution in [3.05, 3.63) is 69.5 Å². The average molecular weight is 422 g/mol. The number of hydrogen-bond donors (Lipinski definition) is 0. The van der Waals surface area contributed by atoms with Crippen LogP contribution >= 0.6 is 35.0 Å². The van der Waals surface area contributed by atoms with Crippen LogP contribution in [-0.4, -0.2) is 21.4 Å². The molecule has 0 aliphatic heterocycles. The molecule has 3 rings (SSSR count). The summed E-state index contributed by atoms with van der Waals surface area (Å²) in [5.74, 6) is 2.48. The normalized spacial score (nSPS) is 11.0. The van der Waals surface area contributed by atoms with Gasteiger partial charge in [-0.3, -0.25) is 0 Å². The van der Waals surface area contributed by atoms with E-state index in [1.54, 1.807) is 30.0 Å². The molecule has 4 nitrogen and oxygen atoms in total. The number of aryl methyl sites for hydroxylation is 2. The zero-order valence-corrected chi connectivity index (χ0v) is 17.6. The fourth-order valence-corrected chi connectivity index (χ4v) is 4.08. The second-order valence-electron chi connectivity index (χ2n) is 6.20. The summed E-state index contributed by atoms with van der Waals surface area (Å²) < 4.78 is 7.78. The average Bonchev–Trinajstić information content (AvgIpc) is 2.99. The fourth-order valence-electron chi connectivity index (χ4n) is 2.61. The van der Waals surface area contributed by atoms with Gasteiger partial charge in [-0.25, -0.2) is 0 Å². The van der Waals surface area contributed by atoms with Crippen LogP contribution in [0.3, 0.4) is 0 Å². The lowest BCUT2D eigenvalue weighted by Crippen LogP contribution is -2.04. The topological polar surface area (TPSA) is 39.9 Å². The minimum Gasteiger partial charge on any atom is -0.492 e. The van der Waals surface area contributed by atoms with Gasteiger partial charge in [0.15, 0.2) is 5.16 Å². The van der Waals surface area contributed by atoms with Gasteiger partial charge in [-0.05, 0) is 42.7 Å². The number of ether oxygens (including phenoxy) is 1. The Labute approximate surface area is 173 Å². The van der Waals surface area contributed by atoms with Crippen LogP contribution in [0.25, 0.3) is 0 Å². The van der Waals surface area contributed by atoms with Gasteiger partial charge < -0.3 is 9.30 Å². The van der Waals surface area contributed by atoms with Gasteiger partial charge in [0.25, 0.3) is 0 Å². The highest BCUT2D eigenvalue weighted by atomic mass is 35.5. The predicted molar refractivity (Wildman–Crippen MR) is 112 cm³/mol. The van der Waals surface area contributed by atoms with Crippen molar-refractivity contribution in [3.8, 4) is 5.75 Å². The smallest absolute Gasteiger partial charge is 0.191 e. The lowest BCUT2D eigenvalue weighted by Gasteiger charge is -2.08. The number of aromatic nitrogens is 3. The molecule has 0 saturated carbocycles. The molecule has 1 aromatic heterocycles. The summed E-state index contributed by atoms with van der Waals surface area (Å²) in [6.45, 7) is 2.69. The van der Waals surface area contributed by atoms with Gasteiger partial charge in [-0.1, -0.05) is 59.2 Å². The zero-order valence-electron chi connectivity index (χ0n) is 15.3. The molecule has 0 aliphatic rings. The first kappa shape index (κ1) is 20.1. The first-order valence-corrected chi connectivity index (χ1v) is 10.4. The highest BCUT2D eigenvalue weighted by Gasteiger charge is 2.10. The van der Waals surface area contributed by atoms with Crippen LogP contribution in [0.15, 0.2) is 47.6 Å². The van der Waals surface area contributed by atoms with Gasteiger partial charge in [-0.15, -0.1) is 10.2 Å². The van der Waals surface area contributed by atoms with Crippen LogP contribution in [-0.2, 0) is 19.2 Å². The number of hydrogen-bond acceptors (Lipinski definition) is 4. The van der Waals surface area contributed by atoms with Crippen molar-refractivity contribution in [1.29, 1.82) is 0 Å². The van der Waals surface area contributed by atoms with Crippen LogP contribution in [0.5, 0.6) is 5.75 Å². The van der Waals surface area contributed by atoms with Crippen molar-refractivity contribution in [3.63, 3.8) is 0 Å². The fraction of sp³-hybridized carbons (Fsp3) is 0.300. The first-order valence-electron chi connectivity index (χ1n) is 8.68. The van der Waals surface area contributed by atoms with Crippen LogP contribution in [0.4, 0.5) is 0 Å². The van der Waals surface area contributed by atoms with E-state index in [1.807, 2.05) is 7.05 Å². The minimum absolute atomic E-state index is 0.524. The molecule has 3 aromatic rings. The van der Waals surface area contributed by atoms with Gasteiger partial charge in [0.2, 0.25) is 0 Å². The maximum Gasteiger partial charge on any atom is 0.191 e. The highest BCUT2D eigenvalue weighted by Crippen LogP contribution is 2.27. The largest absolute Gasteiger partial charge is 0.492 e. The van der Waals surface area contributed by atoms with Crippen molar-refractivity contribution >= 4 is 35.0 Å². The molecule has 0 unspecified atom stereocenters. The molecule has 2 aromatic carbocycles. The van der Waals surface area contributed by atoms with Crippen molar-refractivity contribution in [2.24, 2.45) is 7.05 Å². The van der Waals surface area contributed by atoms with E-state index in [0.29, 0.717) is 22.4 Å². The molecule has 1 heterocycles. The van der Waals surface area contributed by atoms with Gasteiger partial charge in [0.1, 0.15) is 11.6 Å². The van der Waals surface area contributed by atoms with Gasteiger partial charge >= 0.3 is 0 Å². The van der Waals surface area contributed by atoms with Gasteiger partial charge in [0, 0.05) is 24.2 Å². The van der Waals surface area contributed by atoms with E-state index < -0.39 is 0 Å². The number of nitrogens with zero attached hydrogens (tertiary/aromatic N) is 3. The summed E-state index contributed by atoms with van der Waals surface area (Å²) in [6, 6.07) is 13.6. The zero-order chi connectivity index (χ0) is 19.2. The molecule has 0 fully saturated rings. The summed E-state index contributed by atoms with van der Waals surface area (Å²) in [6.07, 6.45) is 1.62. The summed E-state index contributed by atoms with van der Waals surface area (Å²) in [5.41, 5.74) is 2.62. The second kappa shape index (κ2) is 9.49. The molecular weight excluding hydrogens is 401 g/mol. The van der Waals surface area contributed by atoms with Gasteiger partial charge in [0.05, 0.1) is 11.6 Å². The molecule has 142 valence electrons. The Morgan fingerprint density at radius 3 is 2.70 bits per heavy atom. The molecule has 0 N–H and O–H groups in total. The Bertz CT molecular complexity index is 914. The van der Waals surface area contributed by atoms with Crippen LogP contribution in [0, 0.1) is 6.92 Å². The van der Waals surface area contributed by atoms with E-state index in [2.05, 4.69) is 46.0 Å². The van der Waals surface area contributed by atoms with E-state index in [4.69, 9.17) is 27.9 Å². The van der Waals surface area contributed by atoms with Crippen molar-refractivity contribution in [2.75, 3.05) is 6.61 Å². The molecule has 0 amide bonds. The lowest BCUT2D eigenvalue weighted by atomic mass is 10.1. The monoisotopic (exact) mass is 421 g/mol. The predicted octanol–water partition coefficient (Wildman–Crippen LogP) is 5.73. The van der Waals surface area contributed by atoms with Crippen molar-refractivity contribution in [2.45, 2.75) is 30.7 Å². The van der Waals surface area contributed by atoms with E-state index in [9.17, 15) is 0 Å². The molecule has 27 heavy (non-hydrogen) atoms. The quantitative estimate of drug-likeness (QED) is 0.343. The number of thioether (sulfide) groups is 1. The molecular formula is C20H21Cl2N3OS. The Morgan fingerprint density at radius 2 is 1.93 bits per heavy atom. The van der Waals surface area contributed by atoms with E-state index in [0.717, 1.165) is 29.6 Å². The summed E-state index contributed by atoms with van der Waals surface area (Å²) >= 11 is 13.7. The second-order valence-corrected chi connectivity index (χ2v) is 7.99. The number of rotatable bonds is 8. The molecule has 0 radical (unpaired) electrons. The first-order chi connectivity index (χ1) is 13.0. The molecule has 0 saturated heterocycles. The highest BCUT2D eigenvalue weighted by molar-refractivity contribution is 7.98. The van der Waals surface area contributed by atoms with Gasteiger partial charge in [-0.2, -0.15) is 0 Å². The third-order valence-electron chi connectivity index (χ3n) is 4.24. The van der Waals surface area contributed by atoms with Crippen molar-refractivity contribution in [1.82, 2.24) is 14.8 Å². The molecule has 7 heteroatoms. The molecule has 0 aliphatic carbocycles.